The van der Waals surface area contributed by atoms with Crippen LogP contribution in [0.3, 0.4) is 0 Å². The molecule has 0 spiro atoms. The van der Waals surface area contributed by atoms with Gasteiger partial charge in [-0.3, -0.25) is 4.90 Å². The summed E-state index contributed by atoms with van der Waals surface area (Å²) < 4.78 is 7.22. The quantitative estimate of drug-likeness (QED) is 0.610. The Morgan fingerprint density at radius 1 is 1.11 bits per heavy atom. The van der Waals surface area contributed by atoms with E-state index in [0.717, 1.165) is 50.7 Å². The molecule has 1 fully saturated rings. The van der Waals surface area contributed by atoms with Crippen LogP contribution in [0.4, 0.5) is 5.69 Å². The van der Waals surface area contributed by atoms with Gasteiger partial charge in [-0.05, 0) is 52.6 Å². The summed E-state index contributed by atoms with van der Waals surface area (Å²) in [5, 5.41) is 14.7. The summed E-state index contributed by atoms with van der Waals surface area (Å²) in [5.41, 5.74) is 1.25. The van der Waals surface area contributed by atoms with Gasteiger partial charge in [0.05, 0.1) is 19.7 Å². The zero-order valence-electron chi connectivity index (χ0n) is 16.4. The number of ether oxygens (including phenoxy) is 1. The fraction of sp³-hybridized carbons (Fsp3) is 0.450. The van der Waals surface area contributed by atoms with Gasteiger partial charge in [-0.25, -0.2) is 4.68 Å². The van der Waals surface area contributed by atoms with E-state index >= 15 is 0 Å². The number of hydrogen-bond donors (Lipinski definition) is 0. The lowest BCUT2D eigenvalue weighted by atomic mass is 10.1. The van der Waals surface area contributed by atoms with Crippen LogP contribution in [0.25, 0.3) is 0 Å². The Hall–Kier alpha value is -2.45. The molecule has 8 heteroatoms. The summed E-state index contributed by atoms with van der Waals surface area (Å²) in [6.45, 7) is 6.93. The van der Waals surface area contributed by atoms with Gasteiger partial charge in [-0.2, -0.15) is 0 Å². The van der Waals surface area contributed by atoms with Crippen molar-refractivity contribution in [1.82, 2.24) is 25.1 Å². The van der Waals surface area contributed by atoms with Gasteiger partial charge >= 0.3 is 0 Å². The molecule has 2 aromatic heterocycles. The zero-order chi connectivity index (χ0) is 19.3. The van der Waals surface area contributed by atoms with E-state index in [1.54, 1.807) is 18.4 Å². The van der Waals surface area contributed by atoms with Crippen molar-refractivity contribution in [2.45, 2.75) is 25.9 Å². The summed E-state index contributed by atoms with van der Waals surface area (Å²) in [6, 6.07) is 12.8. The molecule has 4 rings (SSSR count). The summed E-state index contributed by atoms with van der Waals surface area (Å²) in [4.78, 5) is 6.21. The molecule has 1 atom stereocenters. The number of aromatic nitrogens is 4. The highest BCUT2D eigenvalue weighted by Crippen LogP contribution is 2.26. The van der Waals surface area contributed by atoms with Gasteiger partial charge in [0.15, 0.2) is 5.82 Å². The molecule has 1 aromatic carbocycles. The number of anilines is 1. The van der Waals surface area contributed by atoms with Crippen molar-refractivity contribution < 1.29 is 4.74 Å². The molecule has 3 heterocycles. The average molecular weight is 399 g/mol. The van der Waals surface area contributed by atoms with Crippen molar-refractivity contribution in [3.63, 3.8) is 0 Å². The molecule has 1 aliphatic heterocycles. The zero-order valence-corrected chi connectivity index (χ0v) is 17.2. The van der Waals surface area contributed by atoms with Crippen molar-refractivity contribution in [2.24, 2.45) is 0 Å². The summed E-state index contributed by atoms with van der Waals surface area (Å²) in [7, 11) is 1.70. The molecule has 0 saturated carbocycles. The highest BCUT2D eigenvalue weighted by molar-refractivity contribution is 7.09. The molecular weight excluding hydrogens is 372 g/mol. The number of tetrazole rings is 1. The van der Waals surface area contributed by atoms with Crippen molar-refractivity contribution >= 4 is 17.0 Å². The number of nitrogens with zero attached hydrogens (tertiary/aromatic N) is 6. The van der Waals surface area contributed by atoms with Gasteiger partial charge in [-0.1, -0.05) is 13.0 Å². The lowest BCUT2D eigenvalue weighted by Gasteiger charge is -2.39. The molecule has 0 amide bonds. The van der Waals surface area contributed by atoms with E-state index in [9.17, 15) is 0 Å². The first-order valence-electron chi connectivity index (χ1n) is 9.70. The Labute approximate surface area is 169 Å². The summed E-state index contributed by atoms with van der Waals surface area (Å²) >= 11 is 1.74. The van der Waals surface area contributed by atoms with Gasteiger partial charge in [0.25, 0.3) is 0 Å². The van der Waals surface area contributed by atoms with Crippen LogP contribution in [0.2, 0.25) is 0 Å². The second-order valence-electron chi connectivity index (χ2n) is 6.92. The lowest BCUT2D eigenvalue weighted by molar-refractivity contribution is 0.169. The fourth-order valence-corrected chi connectivity index (χ4v) is 4.49. The smallest absolute Gasteiger partial charge is 0.168 e. The van der Waals surface area contributed by atoms with E-state index in [4.69, 9.17) is 4.74 Å². The normalized spacial score (nSPS) is 16.3. The third kappa shape index (κ3) is 4.02. The van der Waals surface area contributed by atoms with Crippen molar-refractivity contribution in [3.8, 4) is 5.75 Å². The molecular formula is C20H26N6OS. The Kier molecular flexibility index (Phi) is 5.87. The topological polar surface area (TPSA) is 59.3 Å². The fourth-order valence-electron chi connectivity index (χ4n) is 3.80. The van der Waals surface area contributed by atoms with E-state index in [2.05, 4.69) is 61.9 Å². The number of rotatable bonds is 7. The van der Waals surface area contributed by atoms with Crippen LogP contribution in [0.1, 0.15) is 30.1 Å². The molecule has 0 aliphatic carbocycles. The minimum atomic E-state index is 0.243. The van der Waals surface area contributed by atoms with Gasteiger partial charge in [0.2, 0.25) is 0 Å². The van der Waals surface area contributed by atoms with Gasteiger partial charge in [0, 0.05) is 36.7 Å². The summed E-state index contributed by atoms with van der Waals surface area (Å²) in [5.74, 6) is 1.86. The first-order chi connectivity index (χ1) is 13.8. The van der Waals surface area contributed by atoms with E-state index in [-0.39, 0.29) is 6.04 Å². The average Bonchev–Trinajstić information content (AvgIpc) is 3.42. The van der Waals surface area contributed by atoms with Crippen LogP contribution >= 0.6 is 11.3 Å². The van der Waals surface area contributed by atoms with Crippen LogP contribution in [-0.2, 0) is 6.54 Å². The number of hydrogen-bond acceptors (Lipinski definition) is 7. The Morgan fingerprint density at radius 2 is 1.89 bits per heavy atom. The first kappa shape index (κ1) is 18.9. The molecule has 0 N–H and O–H groups in total. The predicted molar refractivity (Wildman–Crippen MR) is 111 cm³/mol. The van der Waals surface area contributed by atoms with Crippen LogP contribution in [-0.4, -0.2) is 58.4 Å². The SMILES string of the molecule is CC[C@@H](c1nnnn1Cc1cccs1)N1CCN(c2ccc(OC)cc2)CC1. The molecule has 0 radical (unpaired) electrons. The number of piperazine rings is 1. The molecule has 7 nitrogen and oxygen atoms in total. The van der Waals surface area contributed by atoms with Crippen LogP contribution in [0.5, 0.6) is 5.75 Å². The highest BCUT2D eigenvalue weighted by atomic mass is 32.1. The standard InChI is InChI=1S/C20H26N6OS/c1-3-19(20-21-22-23-26(20)15-18-5-4-14-28-18)25-12-10-24(11-13-25)16-6-8-17(27-2)9-7-16/h4-9,14,19H,3,10-13,15H2,1-2H3/t19-/m0/s1. The monoisotopic (exact) mass is 398 g/mol. The number of thiophene rings is 1. The molecule has 1 saturated heterocycles. The molecule has 28 heavy (non-hydrogen) atoms. The lowest BCUT2D eigenvalue weighted by Crippen LogP contribution is -2.48. The largest absolute Gasteiger partial charge is 0.497 e. The highest BCUT2D eigenvalue weighted by Gasteiger charge is 2.28. The first-order valence-corrected chi connectivity index (χ1v) is 10.6. The molecule has 148 valence electrons. The maximum Gasteiger partial charge on any atom is 0.168 e. The molecule has 0 unspecified atom stereocenters. The Bertz CT molecular complexity index is 855. The minimum absolute atomic E-state index is 0.243. The van der Waals surface area contributed by atoms with Gasteiger partial charge in [0.1, 0.15) is 5.75 Å². The van der Waals surface area contributed by atoms with Gasteiger partial charge < -0.3 is 9.64 Å². The summed E-state index contributed by atoms with van der Waals surface area (Å²) in [6.07, 6.45) is 0.993. The van der Waals surface area contributed by atoms with Crippen LogP contribution in [0.15, 0.2) is 41.8 Å². The molecule has 0 bridgehead atoms. The predicted octanol–water partition coefficient (Wildman–Crippen LogP) is 3.06. The van der Waals surface area contributed by atoms with Crippen molar-refractivity contribution in [1.29, 1.82) is 0 Å². The van der Waals surface area contributed by atoms with Crippen LogP contribution < -0.4 is 9.64 Å². The van der Waals surface area contributed by atoms with Gasteiger partial charge in [-0.15, -0.1) is 16.4 Å². The molecule has 3 aromatic rings. The van der Waals surface area contributed by atoms with E-state index in [0.29, 0.717) is 0 Å². The van der Waals surface area contributed by atoms with Crippen molar-refractivity contribution in [2.75, 3.05) is 38.2 Å². The molecule has 1 aliphatic rings. The van der Waals surface area contributed by atoms with E-state index in [1.807, 2.05) is 16.8 Å². The van der Waals surface area contributed by atoms with E-state index < -0.39 is 0 Å². The van der Waals surface area contributed by atoms with Crippen molar-refractivity contribution in [3.05, 3.63) is 52.5 Å². The second kappa shape index (κ2) is 8.70. The Morgan fingerprint density at radius 3 is 2.54 bits per heavy atom. The number of benzene rings is 1. The Balaban J connectivity index is 1.42. The van der Waals surface area contributed by atoms with E-state index in [1.165, 1.54) is 10.6 Å². The second-order valence-corrected chi connectivity index (χ2v) is 7.95. The number of methoxy groups -OCH3 is 1. The maximum absolute atomic E-state index is 5.26. The third-order valence-electron chi connectivity index (χ3n) is 5.32. The third-order valence-corrected chi connectivity index (χ3v) is 6.18. The van der Waals surface area contributed by atoms with Crippen LogP contribution in [0, 0.1) is 0 Å². The maximum atomic E-state index is 5.26. The minimum Gasteiger partial charge on any atom is -0.497 e.